The van der Waals surface area contributed by atoms with Crippen molar-refractivity contribution >= 4 is 39.1 Å². The minimum Gasteiger partial charge on any atom is -0.353 e. The maximum Gasteiger partial charge on any atom is 0.264 e. The molecular weight excluding hydrogens is 422 g/mol. The molecule has 5 rings (SSSR count). The van der Waals surface area contributed by atoms with Crippen molar-refractivity contribution < 1.29 is 4.79 Å². The van der Waals surface area contributed by atoms with Crippen LogP contribution in [-0.4, -0.2) is 89.6 Å². The number of hydrogen-bond donors (Lipinski definition) is 0. The number of fused-ring (bicyclic) bond motifs is 1. The molecule has 0 bridgehead atoms. The van der Waals surface area contributed by atoms with Crippen LogP contribution in [-0.2, 0) is 0 Å². The Bertz CT molecular complexity index is 1090. The van der Waals surface area contributed by atoms with Crippen LogP contribution in [0.3, 0.4) is 0 Å². The first kappa shape index (κ1) is 21.1. The summed E-state index contributed by atoms with van der Waals surface area (Å²) in [5.74, 6) is 2.05. The lowest BCUT2D eigenvalue weighted by Gasteiger charge is -2.35. The van der Waals surface area contributed by atoms with E-state index in [1.165, 1.54) is 11.3 Å². The second-order valence-corrected chi connectivity index (χ2v) is 9.32. The number of piperazine rings is 2. The molecule has 0 aromatic carbocycles. The first-order chi connectivity index (χ1) is 15.7. The number of hydrogen-bond acceptors (Lipinski definition) is 8. The van der Waals surface area contributed by atoms with E-state index in [1.54, 1.807) is 6.33 Å². The van der Waals surface area contributed by atoms with Crippen molar-refractivity contribution in [3.63, 3.8) is 0 Å². The number of carbonyl (C=O) groups is 1. The first-order valence-electron chi connectivity index (χ1n) is 11.3. The summed E-state index contributed by atoms with van der Waals surface area (Å²) in [6, 6.07) is 5.95. The summed E-state index contributed by atoms with van der Waals surface area (Å²) in [7, 11) is 0. The van der Waals surface area contributed by atoms with E-state index in [1.807, 2.05) is 36.2 Å². The fraction of sp³-hybridized carbons (Fsp3) is 0.478. The quantitative estimate of drug-likeness (QED) is 0.604. The van der Waals surface area contributed by atoms with Gasteiger partial charge < -0.3 is 19.6 Å². The molecule has 0 radical (unpaired) electrons. The predicted octanol–water partition coefficient (Wildman–Crippen LogP) is 2.50. The van der Waals surface area contributed by atoms with Crippen LogP contribution in [0.15, 0.2) is 30.7 Å². The minimum absolute atomic E-state index is 0.105. The Kier molecular flexibility index (Phi) is 5.93. The van der Waals surface area contributed by atoms with Crippen LogP contribution >= 0.6 is 11.3 Å². The van der Waals surface area contributed by atoms with Crippen molar-refractivity contribution in [2.45, 2.75) is 13.8 Å². The third kappa shape index (κ3) is 3.91. The maximum atomic E-state index is 13.4. The van der Waals surface area contributed by atoms with Crippen LogP contribution in [0, 0.1) is 6.92 Å². The number of thiophene rings is 1. The summed E-state index contributed by atoms with van der Waals surface area (Å²) in [6.45, 7) is 12.3. The average Bonchev–Trinajstić information content (AvgIpc) is 3.21. The molecule has 2 aliphatic rings. The number of likely N-dealkylation sites (N-methyl/N-ethyl adjacent to an activating group) is 1. The van der Waals surface area contributed by atoms with Crippen molar-refractivity contribution in [1.29, 1.82) is 0 Å². The molecule has 5 heterocycles. The van der Waals surface area contributed by atoms with Gasteiger partial charge in [0.05, 0.1) is 10.3 Å². The molecule has 2 saturated heterocycles. The Balaban J connectivity index is 1.35. The number of amides is 1. The van der Waals surface area contributed by atoms with Crippen molar-refractivity contribution in [3.05, 3.63) is 41.2 Å². The van der Waals surface area contributed by atoms with Crippen LogP contribution in [0.25, 0.3) is 10.2 Å². The lowest BCUT2D eigenvalue weighted by molar-refractivity contribution is 0.0751. The summed E-state index contributed by atoms with van der Waals surface area (Å²) in [6.07, 6.45) is 3.45. The zero-order valence-electron chi connectivity index (χ0n) is 18.7. The van der Waals surface area contributed by atoms with Crippen LogP contribution in [0.1, 0.15) is 22.2 Å². The van der Waals surface area contributed by atoms with Gasteiger partial charge in [0.15, 0.2) is 0 Å². The predicted molar refractivity (Wildman–Crippen MR) is 129 cm³/mol. The van der Waals surface area contributed by atoms with Gasteiger partial charge in [0, 0.05) is 58.6 Å². The highest BCUT2D eigenvalue weighted by atomic mass is 32.1. The second-order valence-electron chi connectivity index (χ2n) is 8.32. The molecule has 3 aromatic heterocycles. The molecule has 2 fully saturated rings. The molecule has 0 saturated carbocycles. The molecule has 1 amide bonds. The largest absolute Gasteiger partial charge is 0.353 e. The molecule has 8 nitrogen and oxygen atoms in total. The first-order valence-corrected chi connectivity index (χ1v) is 12.1. The zero-order chi connectivity index (χ0) is 22.1. The van der Waals surface area contributed by atoms with E-state index < -0.39 is 0 Å². The Hall–Kier alpha value is -2.78. The minimum atomic E-state index is 0.105. The molecular formula is C23H29N7OS. The molecule has 168 valence electrons. The van der Waals surface area contributed by atoms with Crippen molar-refractivity contribution in [2.24, 2.45) is 0 Å². The molecule has 0 aliphatic carbocycles. The van der Waals surface area contributed by atoms with Crippen molar-refractivity contribution in [2.75, 3.05) is 68.7 Å². The van der Waals surface area contributed by atoms with E-state index in [4.69, 9.17) is 0 Å². The number of nitrogens with zero attached hydrogens (tertiary/aromatic N) is 7. The Morgan fingerprint density at radius 1 is 0.969 bits per heavy atom. The number of carbonyl (C=O) groups excluding carboxylic acids is 1. The van der Waals surface area contributed by atoms with E-state index in [0.29, 0.717) is 13.1 Å². The highest BCUT2D eigenvalue weighted by Gasteiger charge is 2.28. The smallest absolute Gasteiger partial charge is 0.264 e. The van der Waals surface area contributed by atoms with Gasteiger partial charge in [-0.3, -0.25) is 4.79 Å². The lowest BCUT2D eigenvalue weighted by atomic mass is 10.1. The summed E-state index contributed by atoms with van der Waals surface area (Å²) in [5, 5.41) is 1.04. The summed E-state index contributed by atoms with van der Waals surface area (Å²) < 4.78 is 0. The normalized spacial score (nSPS) is 17.9. The van der Waals surface area contributed by atoms with Gasteiger partial charge in [-0.1, -0.05) is 13.0 Å². The zero-order valence-corrected chi connectivity index (χ0v) is 19.5. The third-order valence-electron chi connectivity index (χ3n) is 6.56. The van der Waals surface area contributed by atoms with Gasteiger partial charge >= 0.3 is 0 Å². The van der Waals surface area contributed by atoms with Gasteiger partial charge in [0.1, 0.15) is 22.8 Å². The standard InChI is InChI=1S/C23H29N7OS/c1-3-27-8-10-29(11-9-27)21-19-17(2)20(32-22(19)26-16-25-21)23(31)30-14-12-28(13-15-30)18-6-4-5-7-24-18/h4-7,16H,3,8-15H2,1-2H3. The number of anilines is 2. The molecule has 0 N–H and O–H groups in total. The fourth-order valence-corrected chi connectivity index (χ4v) is 5.71. The highest BCUT2D eigenvalue weighted by Crippen LogP contribution is 2.36. The molecule has 3 aromatic rings. The third-order valence-corrected chi connectivity index (χ3v) is 7.75. The van der Waals surface area contributed by atoms with Gasteiger partial charge in [-0.25, -0.2) is 15.0 Å². The van der Waals surface area contributed by atoms with E-state index in [2.05, 4.69) is 36.6 Å². The van der Waals surface area contributed by atoms with E-state index in [0.717, 1.165) is 78.1 Å². The van der Waals surface area contributed by atoms with E-state index in [9.17, 15) is 4.79 Å². The Labute approximate surface area is 192 Å². The fourth-order valence-electron chi connectivity index (χ4n) is 4.60. The van der Waals surface area contributed by atoms with Gasteiger partial charge in [0.2, 0.25) is 0 Å². The Morgan fingerprint density at radius 2 is 1.72 bits per heavy atom. The lowest BCUT2D eigenvalue weighted by Crippen LogP contribution is -2.49. The number of rotatable bonds is 4. The van der Waals surface area contributed by atoms with Crippen LogP contribution < -0.4 is 9.80 Å². The second kappa shape index (κ2) is 8.99. The number of aromatic nitrogens is 3. The van der Waals surface area contributed by atoms with Gasteiger partial charge in [0.25, 0.3) is 5.91 Å². The summed E-state index contributed by atoms with van der Waals surface area (Å²) in [5.41, 5.74) is 1.01. The molecule has 0 spiro atoms. The van der Waals surface area contributed by atoms with Crippen LogP contribution in [0.4, 0.5) is 11.6 Å². The van der Waals surface area contributed by atoms with Gasteiger partial charge in [-0.2, -0.15) is 0 Å². The van der Waals surface area contributed by atoms with Gasteiger partial charge in [-0.15, -0.1) is 11.3 Å². The van der Waals surface area contributed by atoms with Crippen molar-refractivity contribution in [1.82, 2.24) is 24.8 Å². The highest BCUT2D eigenvalue weighted by molar-refractivity contribution is 7.20. The topological polar surface area (TPSA) is 68.7 Å². The molecule has 32 heavy (non-hydrogen) atoms. The van der Waals surface area contributed by atoms with Crippen LogP contribution in [0.5, 0.6) is 0 Å². The van der Waals surface area contributed by atoms with Gasteiger partial charge in [-0.05, 0) is 31.2 Å². The summed E-state index contributed by atoms with van der Waals surface area (Å²) >= 11 is 1.50. The Morgan fingerprint density at radius 3 is 2.41 bits per heavy atom. The van der Waals surface area contributed by atoms with Crippen LogP contribution in [0.2, 0.25) is 0 Å². The van der Waals surface area contributed by atoms with E-state index >= 15 is 0 Å². The van der Waals surface area contributed by atoms with E-state index in [-0.39, 0.29) is 5.91 Å². The average molecular weight is 452 g/mol. The number of pyridine rings is 1. The molecule has 0 unspecified atom stereocenters. The maximum absolute atomic E-state index is 13.4. The van der Waals surface area contributed by atoms with Crippen molar-refractivity contribution in [3.8, 4) is 0 Å². The molecule has 0 atom stereocenters. The number of aryl methyl sites for hydroxylation is 1. The monoisotopic (exact) mass is 451 g/mol. The molecule has 2 aliphatic heterocycles. The molecule has 9 heteroatoms. The SMILES string of the molecule is CCN1CCN(c2ncnc3sc(C(=O)N4CCN(c5ccccn5)CC4)c(C)c23)CC1. The summed E-state index contributed by atoms with van der Waals surface area (Å²) in [4.78, 5) is 37.7.